The first-order valence-electron chi connectivity index (χ1n) is 9.10. The molecule has 2 heterocycles. The van der Waals surface area contributed by atoms with E-state index in [-0.39, 0.29) is 5.92 Å². The van der Waals surface area contributed by atoms with Crippen LogP contribution >= 0.6 is 0 Å². The summed E-state index contributed by atoms with van der Waals surface area (Å²) in [5.41, 5.74) is 0.932. The van der Waals surface area contributed by atoms with E-state index in [2.05, 4.69) is 28.9 Å². The Bertz CT molecular complexity index is 674. The van der Waals surface area contributed by atoms with Crippen molar-refractivity contribution in [2.24, 2.45) is 5.92 Å². The lowest BCUT2D eigenvalue weighted by atomic mass is 10.0. The first kappa shape index (κ1) is 17.6. The number of nitrogens with zero attached hydrogens (tertiary/aromatic N) is 4. The Labute approximate surface area is 148 Å². The number of carbonyl (C=O) groups is 1. The average molecular weight is 342 g/mol. The number of hydrogen-bond acceptors (Lipinski definition) is 5. The predicted molar refractivity (Wildman–Crippen MR) is 95.7 cm³/mol. The Morgan fingerprint density at radius 3 is 2.40 bits per heavy atom. The minimum Gasteiger partial charge on any atom is -0.419 e. The van der Waals surface area contributed by atoms with Crippen molar-refractivity contribution in [1.29, 1.82) is 0 Å². The quantitative estimate of drug-likeness (QED) is 0.808. The van der Waals surface area contributed by atoms with E-state index in [0.29, 0.717) is 24.2 Å². The van der Waals surface area contributed by atoms with Crippen molar-refractivity contribution in [2.45, 2.75) is 33.2 Å². The molecular formula is C19H26N4O2. The fraction of sp³-hybridized carbons (Fsp3) is 0.526. The zero-order chi connectivity index (χ0) is 17.6. The van der Waals surface area contributed by atoms with E-state index in [4.69, 9.17) is 4.42 Å². The summed E-state index contributed by atoms with van der Waals surface area (Å²) >= 11 is 0. The van der Waals surface area contributed by atoms with Crippen LogP contribution < -0.4 is 0 Å². The summed E-state index contributed by atoms with van der Waals surface area (Å²) in [5, 5.41) is 8.29. The lowest BCUT2D eigenvalue weighted by Gasteiger charge is -2.35. The van der Waals surface area contributed by atoms with Crippen LogP contribution in [0.25, 0.3) is 11.5 Å². The summed E-state index contributed by atoms with van der Waals surface area (Å²) in [6.07, 6.45) is 1.83. The Morgan fingerprint density at radius 1 is 1.08 bits per heavy atom. The van der Waals surface area contributed by atoms with Gasteiger partial charge >= 0.3 is 0 Å². The molecular weight excluding hydrogens is 316 g/mol. The summed E-state index contributed by atoms with van der Waals surface area (Å²) in [6, 6.07) is 9.78. The highest BCUT2D eigenvalue weighted by Gasteiger charge is 2.26. The highest BCUT2D eigenvalue weighted by Crippen LogP contribution is 2.19. The smallest absolute Gasteiger partial charge is 0.247 e. The molecule has 1 fully saturated rings. The van der Waals surface area contributed by atoms with Gasteiger partial charge in [0.25, 0.3) is 0 Å². The first-order chi connectivity index (χ1) is 12.2. The number of piperazine rings is 1. The molecule has 0 aliphatic carbocycles. The Kier molecular flexibility index (Phi) is 5.81. The fourth-order valence-corrected chi connectivity index (χ4v) is 3.23. The van der Waals surface area contributed by atoms with Crippen LogP contribution in [0.4, 0.5) is 0 Å². The SMILES string of the molecule is CCC(CC)C(=O)N1CCN(Cc2nnc(-c3ccccc3)o2)CC1. The van der Waals surface area contributed by atoms with Crippen LogP contribution in [0.2, 0.25) is 0 Å². The number of aromatic nitrogens is 2. The van der Waals surface area contributed by atoms with Gasteiger partial charge in [-0.05, 0) is 25.0 Å². The molecule has 1 aromatic heterocycles. The van der Waals surface area contributed by atoms with E-state index in [0.717, 1.165) is 44.6 Å². The molecule has 1 saturated heterocycles. The maximum Gasteiger partial charge on any atom is 0.247 e. The van der Waals surface area contributed by atoms with Crippen molar-refractivity contribution in [3.05, 3.63) is 36.2 Å². The number of amides is 1. The maximum absolute atomic E-state index is 12.5. The zero-order valence-electron chi connectivity index (χ0n) is 15.0. The third kappa shape index (κ3) is 4.25. The summed E-state index contributed by atoms with van der Waals surface area (Å²) in [5.74, 6) is 1.64. The molecule has 0 unspecified atom stereocenters. The Balaban J connectivity index is 1.53. The molecule has 6 heteroatoms. The van der Waals surface area contributed by atoms with E-state index in [1.165, 1.54) is 0 Å². The second-order valence-electron chi connectivity index (χ2n) is 6.48. The third-order valence-corrected chi connectivity index (χ3v) is 4.87. The molecule has 1 aliphatic rings. The normalized spacial score (nSPS) is 15.7. The van der Waals surface area contributed by atoms with Gasteiger partial charge in [-0.3, -0.25) is 9.69 Å². The summed E-state index contributed by atoms with van der Waals surface area (Å²) in [7, 11) is 0. The standard InChI is InChI=1S/C19H26N4O2/c1-3-15(4-2)19(24)23-12-10-22(11-13-23)14-17-20-21-18(25-17)16-8-6-5-7-9-16/h5-9,15H,3-4,10-14H2,1-2H3. The van der Waals surface area contributed by atoms with Gasteiger partial charge in [-0.25, -0.2) is 0 Å². The minimum absolute atomic E-state index is 0.163. The molecule has 0 radical (unpaired) electrons. The Hall–Kier alpha value is -2.21. The van der Waals surface area contributed by atoms with Crippen LogP contribution in [0.3, 0.4) is 0 Å². The molecule has 1 aliphatic heterocycles. The van der Waals surface area contributed by atoms with Gasteiger partial charge in [0.1, 0.15) is 0 Å². The van der Waals surface area contributed by atoms with E-state index in [9.17, 15) is 4.79 Å². The molecule has 1 amide bonds. The average Bonchev–Trinajstić information content (AvgIpc) is 3.12. The lowest BCUT2D eigenvalue weighted by Crippen LogP contribution is -2.49. The largest absolute Gasteiger partial charge is 0.419 e. The number of benzene rings is 1. The topological polar surface area (TPSA) is 62.5 Å². The molecule has 6 nitrogen and oxygen atoms in total. The first-order valence-corrected chi connectivity index (χ1v) is 9.10. The molecule has 2 aromatic rings. The molecule has 0 bridgehead atoms. The van der Waals surface area contributed by atoms with Crippen LogP contribution in [-0.4, -0.2) is 52.1 Å². The van der Waals surface area contributed by atoms with Gasteiger partial charge < -0.3 is 9.32 Å². The molecule has 25 heavy (non-hydrogen) atoms. The maximum atomic E-state index is 12.5. The van der Waals surface area contributed by atoms with Crippen molar-refractivity contribution in [2.75, 3.05) is 26.2 Å². The number of hydrogen-bond donors (Lipinski definition) is 0. The predicted octanol–water partition coefficient (Wildman–Crippen LogP) is 2.82. The van der Waals surface area contributed by atoms with Gasteiger partial charge in [-0.15, -0.1) is 10.2 Å². The minimum atomic E-state index is 0.163. The number of rotatable bonds is 6. The van der Waals surface area contributed by atoms with Crippen molar-refractivity contribution in [3.63, 3.8) is 0 Å². The summed E-state index contributed by atoms with van der Waals surface area (Å²) in [4.78, 5) is 16.7. The second kappa shape index (κ2) is 8.25. The van der Waals surface area contributed by atoms with Crippen molar-refractivity contribution in [1.82, 2.24) is 20.0 Å². The van der Waals surface area contributed by atoms with Gasteiger partial charge in [-0.1, -0.05) is 32.0 Å². The molecule has 3 rings (SSSR count). The third-order valence-electron chi connectivity index (χ3n) is 4.87. The molecule has 134 valence electrons. The second-order valence-corrected chi connectivity index (χ2v) is 6.48. The molecule has 0 N–H and O–H groups in total. The van der Waals surface area contributed by atoms with Gasteiger partial charge in [0, 0.05) is 37.7 Å². The molecule has 1 aromatic carbocycles. The Morgan fingerprint density at radius 2 is 1.76 bits per heavy atom. The highest BCUT2D eigenvalue weighted by molar-refractivity contribution is 5.78. The van der Waals surface area contributed by atoms with Gasteiger partial charge in [0.2, 0.25) is 17.7 Å². The molecule has 0 atom stereocenters. The van der Waals surface area contributed by atoms with E-state index < -0.39 is 0 Å². The van der Waals surface area contributed by atoms with Crippen molar-refractivity contribution >= 4 is 5.91 Å². The van der Waals surface area contributed by atoms with Crippen LogP contribution in [0.15, 0.2) is 34.7 Å². The van der Waals surface area contributed by atoms with Gasteiger partial charge in [-0.2, -0.15) is 0 Å². The van der Waals surface area contributed by atoms with Gasteiger partial charge in [0.15, 0.2) is 0 Å². The monoisotopic (exact) mass is 342 g/mol. The van der Waals surface area contributed by atoms with Crippen LogP contribution in [0.1, 0.15) is 32.6 Å². The van der Waals surface area contributed by atoms with Crippen LogP contribution in [-0.2, 0) is 11.3 Å². The van der Waals surface area contributed by atoms with Gasteiger partial charge in [0.05, 0.1) is 6.54 Å². The van der Waals surface area contributed by atoms with Crippen molar-refractivity contribution in [3.8, 4) is 11.5 Å². The zero-order valence-corrected chi connectivity index (χ0v) is 15.0. The van der Waals surface area contributed by atoms with Crippen LogP contribution in [0, 0.1) is 5.92 Å². The summed E-state index contributed by atoms with van der Waals surface area (Å²) in [6.45, 7) is 8.03. The molecule has 0 saturated carbocycles. The lowest BCUT2D eigenvalue weighted by molar-refractivity contribution is -0.137. The van der Waals surface area contributed by atoms with E-state index in [1.54, 1.807) is 0 Å². The van der Waals surface area contributed by atoms with E-state index >= 15 is 0 Å². The highest BCUT2D eigenvalue weighted by atomic mass is 16.4. The molecule has 0 spiro atoms. The summed E-state index contributed by atoms with van der Waals surface area (Å²) < 4.78 is 5.78. The fourth-order valence-electron chi connectivity index (χ4n) is 3.23. The van der Waals surface area contributed by atoms with Crippen molar-refractivity contribution < 1.29 is 9.21 Å². The number of carbonyl (C=O) groups excluding carboxylic acids is 1. The van der Waals surface area contributed by atoms with Crippen LogP contribution in [0.5, 0.6) is 0 Å². The van der Waals surface area contributed by atoms with E-state index in [1.807, 2.05) is 35.2 Å².